The predicted molar refractivity (Wildman–Crippen MR) is 76.4 cm³/mol. The lowest BCUT2D eigenvalue weighted by Gasteiger charge is -2.18. The summed E-state index contributed by atoms with van der Waals surface area (Å²) in [6, 6.07) is 0. The van der Waals surface area contributed by atoms with Gasteiger partial charge < -0.3 is 4.90 Å². The number of thiophene rings is 1. The van der Waals surface area contributed by atoms with Crippen LogP contribution in [0.2, 0.25) is 0 Å². The van der Waals surface area contributed by atoms with Crippen molar-refractivity contribution in [2.45, 2.75) is 27.3 Å². The molecule has 18 heavy (non-hydrogen) atoms. The van der Waals surface area contributed by atoms with E-state index in [9.17, 15) is 4.79 Å². The molecule has 0 saturated carbocycles. The Morgan fingerprint density at radius 1 is 1.39 bits per heavy atom. The summed E-state index contributed by atoms with van der Waals surface area (Å²) in [5, 5.41) is 1.99. The van der Waals surface area contributed by atoms with E-state index in [4.69, 9.17) is 0 Å². The molecule has 0 unspecified atom stereocenters. The number of likely N-dealkylation sites (N-methyl/N-ethyl adjacent to an activating group) is 1. The number of rotatable bonds is 5. The van der Waals surface area contributed by atoms with Crippen LogP contribution in [0.5, 0.6) is 0 Å². The van der Waals surface area contributed by atoms with E-state index in [2.05, 4.69) is 23.7 Å². The summed E-state index contributed by atoms with van der Waals surface area (Å²) in [6.07, 6.45) is 1.67. The molecule has 2 aromatic heterocycles. The molecule has 2 rings (SSSR count). The first-order valence-electron chi connectivity index (χ1n) is 6.33. The Bertz CT molecular complexity index is 583. The third kappa shape index (κ3) is 2.47. The molecular weight excluding hydrogens is 246 g/mol. The van der Waals surface area contributed by atoms with Crippen molar-refractivity contribution in [3.05, 3.63) is 27.6 Å². The van der Waals surface area contributed by atoms with Gasteiger partial charge in [0, 0.05) is 13.1 Å². The Labute approximate surface area is 111 Å². The Morgan fingerprint density at radius 2 is 2.11 bits per heavy atom. The van der Waals surface area contributed by atoms with Gasteiger partial charge in [-0.05, 0) is 31.0 Å². The van der Waals surface area contributed by atoms with Crippen LogP contribution in [-0.4, -0.2) is 34.1 Å². The molecular formula is C13H19N3OS. The molecule has 0 N–H and O–H groups in total. The van der Waals surface area contributed by atoms with Crippen LogP contribution in [0.3, 0.4) is 0 Å². The van der Waals surface area contributed by atoms with Gasteiger partial charge >= 0.3 is 0 Å². The van der Waals surface area contributed by atoms with Gasteiger partial charge in [0.1, 0.15) is 4.70 Å². The summed E-state index contributed by atoms with van der Waals surface area (Å²) in [5.74, 6) is 0. The van der Waals surface area contributed by atoms with Gasteiger partial charge in [-0.15, -0.1) is 11.3 Å². The first-order valence-corrected chi connectivity index (χ1v) is 7.21. The number of hydrogen-bond acceptors (Lipinski definition) is 4. The van der Waals surface area contributed by atoms with E-state index < -0.39 is 0 Å². The smallest absolute Gasteiger partial charge is 0.271 e. The quantitative estimate of drug-likeness (QED) is 0.831. The third-order valence-corrected chi connectivity index (χ3v) is 4.35. The minimum atomic E-state index is 0.0882. The molecule has 0 aliphatic heterocycles. The Morgan fingerprint density at radius 3 is 2.78 bits per heavy atom. The molecule has 0 radical (unpaired) electrons. The molecule has 5 heteroatoms. The van der Waals surface area contributed by atoms with E-state index in [0.29, 0.717) is 6.54 Å². The van der Waals surface area contributed by atoms with Crippen molar-refractivity contribution in [1.29, 1.82) is 0 Å². The van der Waals surface area contributed by atoms with Crippen molar-refractivity contribution in [3.63, 3.8) is 0 Å². The van der Waals surface area contributed by atoms with Crippen molar-refractivity contribution in [2.24, 2.45) is 0 Å². The maximum atomic E-state index is 12.2. The Hall–Kier alpha value is -1.20. The highest BCUT2D eigenvalue weighted by Crippen LogP contribution is 2.19. The maximum Gasteiger partial charge on any atom is 0.271 e. The third-order valence-electron chi connectivity index (χ3n) is 3.28. The Kier molecular flexibility index (Phi) is 4.14. The second kappa shape index (κ2) is 5.63. The monoisotopic (exact) mass is 265 g/mol. The molecule has 2 heterocycles. The maximum absolute atomic E-state index is 12.2. The van der Waals surface area contributed by atoms with E-state index in [-0.39, 0.29) is 5.56 Å². The molecule has 0 aliphatic carbocycles. The summed E-state index contributed by atoms with van der Waals surface area (Å²) in [4.78, 5) is 18.9. The summed E-state index contributed by atoms with van der Waals surface area (Å²) in [5.41, 5.74) is 2.03. The van der Waals surface area contributed by atoms with Crippen LogP contribution in [0.4, 0.5) is 0 Å². The van der Waals surface area contributed by atoms with Crippen LogP contribution < -0.4 is 5.56 Å². The van der Waals surface area contributed by atoms with Gasteiger partial charge in [-0.25, -0.2) is 4.98 Å². The molecule has 0 aliphatic rings. The summed E-state index contributed by atoms with van der Waals surface area (Å²) < 4.78 is 2.49. The Balaban J connectivity index is 2.24. The number of hydrogen-bond donors (Lipinski definition) is 0. The van der Waals surface area contributed by atoms with Crippen LogP contribution in [0, 0.1) is 6.92 Å². The van der Waals surface area contributed by atoms with Crippen LogP contribution in [0.15, 0.2) is 16.5 Å². The molecule has 0 amide bonds. The van der Waals surface area contributed by atoms with Crippen molar-refractivity contribution >= 4 is 21.6 Å². The fourth-order valence-electron chi connectivity index (χ4n) is 2.01. The van der Waals surface area contributed by atoms with Crippen molar-refractivity contribution in [1.82, 2.24) is 14.5 Å². The minimum absolute atomic E-state index is 0.0882. The topological polar surface area (TPSA) is 38.1 Å². The first-order chi connectivity index (χ1) is 8.67. The van der Waals surface area contributed by atoms with E-state index in [1.165, 1.54) is 11.3 Å². The van der Waals surface area contributed by atoms with Gasteiger partial charge in [0.25, 0.3) is 5.56 Å². The van der Waals surface area contributed by atoms with Gasteiger partial charge in [0.15, 0.2) is 0 Å². The van der Waals surface area contributed by atoms with Crippen LogP contribution >= 0.6 is 11.3 Å². The first kappa shape index (κ1) is 13.2. The molecule has 2 aromatic rings. The van der Waals surface area contributed by atoms with E-state index in [0.717, 1.165) is 35.4 Å². The minimum Gasteiger partial charge on any atom is -0.302 e. The van der Waals surface area contributed by atoms with Gasteiger partial charge in [0.2, 0.25) is 0 Å². The van der Waals surface area contributed by atoms with E-state index in [1.54, 1.807) is 10.9 Å². The van der Waals surface area contributed by atoms with Gasteiger partial charge in [-0.2, -0.15) is 0 Å². The second-order valence-electron chi connectivity index (χ2n) is 4.37. The zero-order chi connectivity index (χ0) is 13.1. The van der Waals surface area contributed by atoms with Gasteiger partial charge in [-0.3, -0.25) is 9.36 Å². The average molecular weight is 265 g/mol. The molecule has 0 fully saturated rings. The molecule has 0 aromatic carbocycles. The molecule has 0 bridgehead atoms. The fraction of sp³-hybridized carbons (Fsp3) is 0.538. The van der Waals surface area contributed by atoms with Gasteiger partial charge in [0.05, 0.1) is 11.8 Å². The number of fused-ring (bicyclic) bond motifs is 1. The standard InChI is InChI=1S/C13H19N3OS/c1-4-15(5-2)6-7-16-9-14-11-10(3)8-18-12(11)13(16)17/h8-9H,4-7H2,1-3H3. The molecule has 4 nitrogen and oxygen atoms in total. The molecule has 0 atom stereocenters. The van der Waals surface area contributed by atoms with Crippen LogP contribution in [-0.2, 0) is 6.54 Å². The van der Waals surface area contributed by atoms with E-state index >= 15 is 0 Å². The van der Waals surface area contributed by atoms with Gasteiger partial charge in [-0.1, -0.05) is 13.8 Å². The highest BCUT2D eigenvalue weighted by Gasteiger charge is 2.08. The lowest BCUT2D eigenvalue weighted by Crippen LogP contribution is -2.30. The van der Waals surface area contributed by atoms with Crippen molar-refractivity contribution in [3.8, 4) is 0 Å². The number of aromatic nitrogens is 2. The lowest BCUT2D eigenvalue weighted by molar-refractivity contribution is 0.289. The zero-order valence-corrected chi connectivity index (χ0v) is 12.0. The summed E-state index contributed by atoms with van der Waals surface area (Å²) >= 11 is 1.49. The van der Waals surface area contributed by atoms with Crippen molar-refractivity contribution in [2.75, 3.05) is 19.6 Å². The van der Waals surface area contributed by atoms with E-state index in [1.807, 2.05) is 12.3 Å². The average Bonchev–Trinajstić information content (AvgIpc) is 2.76. The highest BCUT2D eigenvalue weighted by atomic mass is 32.1. The number of aryl methyl sites for hydroxylation is 1. The predicted octanol–water partition coefficient (Wildman–Crippen LogP) is 2.11. The van der Waals surface area contributed by atoms with Crippen LogP contribution in [0.1, 0.15) is 19.4 Å². The summed E-state index contributed by atoms with van der Waals surface area (Å²) in [6.45, 7) is 9.89. The molecule has 98 valence electrons. The second-order valence-corrected chi connectivity index (χ2v) is 5.25. The SMILES string of the molecule is CCN(CC)CCn1cnc2c(C)csc2c1=O. The zero-order valence-electron chi connectivity index (χ0n) is 11.1. The molecule has 0 spiro atoms. The molecule has 0 saturated heterocycles. The lowest BCUT2D eigenvalue weighted by atomic mass is 10.3. The summed E-state index contributed by atoms with van der Waals surface area (Å²) in [7, 11) is 0. The van der Waals surface area contributed by atoms with Crippen molar-refractivity contribution < 1.29 is 0 Å². The number of nitrogens with zero attached hydrogens (tertiary/aromatic N) is 3. The highest BCUT2D eigenvalue weighted by molar-refractivity contribution is 7.17. The van der Waals surface area contributed by atoms with Crippen LogP contribution in [0.25, 0.3) is 10.2 Å². The fourth-order valence-corrected chi connectivity index (χ4v) is 2.96. The normalized spacial score (nSPS) is 11.6. The largest absolute Gasteiger partial charge is 0.302 e.